The summed E-state index contributed by atoms with van der Waals surface area (Å²) in [5.41, 5.74) is 1.18. The molecule has 3 rings (SSSR count). The van der Waals surface area contributed by atoms with Crippen LogP contribution in [-0.2, 0) is 6.54 Å². The third kappa shape index (κ3) is 3.05. The van der Waals surface area contributed by atoms with E-state index in [-0.39, 0.29) is 5.69 Å². The number of nitrogens with zero attached hydrogens (tertiary/aromatic N) is 3. The highest BCUT2D eigenvalue weighted by Crippen LogP contribution is 2.28. The normalized spacial score (nSPS) is 15.5. The van der Waals surface area contributed by atoms with Gasteiger partial charge in [-0.1, -0.05) is 6.42 Å². The summed E-state index contributed by atoms with van der Waals surface area (Å²) in [5, 5.41) is 14.1. The number of carboxylic acids is 1. The van der Waals surface area contributed by atoms with E-state index < -0.39 is 5.97 Å². The molecular weight excluding hydrogens is 286 g/mol. The van der Waals surface area contributed by atoms with E-state index >= 15 is 0 Å². The number of hydrogen-bond acceptors (Lipinski definition) is 4. The van der Waals surface area contributed by atoms with Gasteiger partial charge in [-0.15, -0.1) is 11.3 Å². The number of aryl methyl sites for hydroxylation is 1. The van der Waals surface area contributed by atoms with Crippen molar-refractivity contribution < 1.29 is 9.90 Å². The average Bonchev–Trinajstić information content (AvgIpc) is 2.97. The van der Waals surface area contributed by atoms with E-state index in [4.69, 9.17) is 5.11 Å². The van der Waals surface area contributed by atoms with Gasteiger partial charge in [-0.3, -0.25) is 4.68 Å². The quantitative estimate of drug-likeness (QED) is 0.920. The van der Waals surface area contributed by atoms with Gasteiger partial charge in [-0.2, -0.15) is 5.10 Å². The van der Waals surface area contributed by atoms with Crippen molar-refractivity contribution in [3.63, 3.8) is 0 Å². The summed E-state index contributed by atoms with van der Waals surface area (Å²) < 4.78 is 2.01. The molecule has 0 radical (unpaired) electrons. The minimum absolute atomic E-state index is 0.141. The fourth-order valence-electron chi connectivity index (χ4n) is 2.40. The van der Waals surface area contributed by atoms with Gasteiger partial charge in [0.15, 0.2) is 5.69 Å². The lowest BCUT2D eigenvalue weighted by molar-refractivity contribution is 0.0690. The van der Waals surface area contributed by atoms with Crippen LogP contribution in [0.4, 0.5) is 0 Å². The van der Waals surface area contributed by atoms with Gasteiger partial charge in [-0.25, -0.2) is 9.78 Å². The summed E-state index contributed by atoms with van der Waals surface area (Å²) in [5.74, 6) is -0.226. The van der Waals surface area contributed by atoms with Gasteiger partial charge < -0.3 is 5.11 Å². The maximum absolute atomic E-state index is 11.0. The Balaban J connectivity index is 1.75. The molecule has 21 heavy (non-hydrogen) atoms. The molecule has 1 saturated carbocycles. The standard InChI is InChI=1S/C15H17N3O2S/c1-10-14(15(19)20)17-13(21-10)6-5-12-7-8-16-18(12)9-11-3-2-4-11/h5-8,11H,2-4,9H2,1H3,(H,19,20)/b6-5+. The molecule has 0 bridgehead atoms. The molecule has 0 unspecified atom stereocenters. The molecule has 0 spiro atoms. The summed E-state index contributed by atoms with van der Waals surface area (Å²) >= 11 is 1.39. The van der Waals surface area contributed by atoms with Crippen LogP contribution in [0.25, 0.3) is 12.2 Å². The number of hydrogen-bond donors (Lipinski definition) is 1. The molecule has 1 N–H and O–H groups in total. The first-order valence-electron chi connectivity index (χ1n) is 7.04. The smallest absolute Gasteiger partial charge is 0.355 e. The molecule has 1 fully saturated rings. The highest BCUT2D eigenvalue weighted by Gasteiger charge is 2.18. The Morgan fingerprint density at radius 3 is 2.95 bits per heavy atom. The topological polar surface area (TPSA) is 68.0 Å². The van der Waals surface area contributed by atoms with Crippen LogP contribution in [0, 0.1) is 12.8 Å². The van der Waals surface area contributed by atoms with Crippen LogP contribution in [0.1, 0.15) is 45.3 Å². The van der Waals surface area contributed by atoms with Crippen molar-refractivity contribution in [2.45, 2.75) is 32.7 Å². The number of aromatic carboxylic acids is 1. The van der Waals surface area contributed by atoms with Crippen molar-refractivity contribution in [2.75, 3.05) is 0 Å². The summed E-state index contributed by atoms with van der Waals surface area (Å²) in [6, 6.07) is 1.97. The Morgan fingerprint density at radius 2 is 2.33 bits per heavy atom. The van der Waals surface area contributed by atoms with Gasteiger partial charge in [0.05, 0.1) is 5.69 Å². The van der Waals surface area contributed by atoms with Gasteiger partial charge >= 0.3 is 5.97 Å². The van der Waals surface area contributed by atoms with E-state index in [9.17, 15) is 4.79 Å². The van der Waals surface area contributed by atoms with Crippen LogP contribution in [-0.4, -0.2) is 25.8 Å². The highest BCUT2D eigenvalue weighted by molar-refractivity contribution is 7.12. The zero-order valence-corrected chi connectivity index (χ0v) is 12.6. The Labute approximate surface area is 127 Å². The first kappa shape index (κ1) is 14.0. The molecule has 2 aromatic rings. The zero-order valence-electron chi connectivity index (χ0n) is 11.8. The second-order valence-electron chi connectivity index (χ2n) is 5.33. The summed E-state index contributed by atoms with van der Waals surface area (Å²) in [4.78, 5) is 15.8. The van der Waals surface area contributed by atoms with Crippen molar-refractivity contribution in [1.82, 2.24) is 14.8 Å². The molecule has 0 saturated heterocycles. The second kappa shape index (κ2) is 5.81. The lowest BCUT2D eigenvalue weighted by Crippen LogP contribution is -2.19. The molecule has 110 valence electrons. The van der Waals surface area contributed by atoms with Crippen LogP contribution in [0.3, 0.4) is 0 Å². The minimum Gasteiger partial charge on any atom is -0.476 e. The molecule has 6 heteroatoms. The molecule has 0 aliphatic heterocycles. The first-order valence-corrected chi connectivity index (χ1v) is 7.86. The number of carbonyl (C=O) groups is 1. The van der Waals surface area contributed by atoms with Crippen LogP contribution in [0.5, 0.6) is 0 Å². The summed E-state index contributed by atoms with van der Waals surface area (Å²) in [6.45, 7) is 2.74. The van der Waals surface area contributed by atoms with Gasteiger partial charge in [0, 0.05) is 17.6 Å². The second-order valence-corrected chi connectivity index (χ2v) is 6.57. The van der Waals surface area contributed by atoms with Gasteiger partial charge in [-0.05, 0) is 43.9 Å². The Hall–Kier alpha value is -1.95. The van der Waals surface area contributed by atoms with Crippen LogP contribution in [0.15, 0.2) is 12.3 Å². The monoisotopic (exact) mass is 303 g/mol. The lowest BCUT2D eigenvalue weighted by Gasteiger charge is -2.25. The molecular formula is C15H17N3O2S. The predicted octanol–water partition coefficient (Wildman–Crippen LogP) is 3.32. The third-order valence-corrected chi connectivity index (χ3v) is 4.75. The van der Waals surface area contributed by atoms with E-state index in [1.165, 1.54) is 30.6 Å². The number of aromatic nitrogens is 3. The largest absolute Gasteiger partial charge is 0.476 e. The Bertz CT molecular complexity index is 683. The van der Waals surface area contributed by atoms with E-state index in [0.717, 1.165) is 23.0 Å². The van der Waals surface area contributed by atoms with E-state index in [1.807, 2.05) is 22.9 Å². The molecule has 1 aliphatic carbocycles. The molecule has 5 nitrogen and oxygen atoms in total. The van der Waals surface area contributed by atoms with E-state index in [2.05, 4.69) is 10.1 Å². The van der Waals surface area contributed by atoms with Gasteiger partial charge in [0.25, 0.3) is 0 Å². The summed E-state index contributed by atoms with van der Waals surface area (Å²) in [6.07, 6.45) is 9.52. The number of rotatable bonds is 5. The number of carboxylic acid groups (broad SMARTS) is 1. The first-order chi connectivity index (χ1) is 10.1. The zero-order chi connectivity index (χ0) is 14.8. The molecule has 0 atom stereocenters. The maximum Gasteiger partial charge on any atom is 0.355 e. The van der Waals surface area contributed by atoms with Crippen molar-refractivity contribution in [1.29, 1.82) is 0 Å². The van der Waals surface area contributed by atoms with Crippen molar-refractivity contribution in [3.8, 4) is 0 Å². The maximum atomic E-state index is 11.0. The minimum atomic E-state index is -0.974. The van der Waals surface area contributed by atoms with Crippen LogP contribution in [0.2, 0.25) is 0 Å². The lowest BCUT2D eigenvalue weighted by atomic mass is 9.85. The molecule has 1 aliphatic rings. The van der Waals surface area contributed by atoms with Gasteiger partial charge in [0.2, 0.25) is 0 Å². The van der Waals surface area contributed by atoms with Crippen molar-refractivity contribution >= 4 is 29.5 Å². The molecule has 2 heterocycles. The van der Waals surface area contributed by atoms with Gasteiger partial charge in [0.1, 0.15) is 5.01 Å². The Morgan fingerprint density at radius 1 is 1.52 bits per heavy atom. The number of thiazole rings is 1. The molecule has 0 amide bonds. The van der Waals surface area contributed by atoms with E-state index in [0.29, 0.717) is 5.01 Å². The molecule has 0 aromatic carbocycles. The fourth-order valence-corrected chi connectivity index (χ4v) is 3.22. The predicted molar refractivity (Wildman–Crippen MR) is 82.3 cm³/mol. The van der Waals surface area contributed by atoms with Crippen LogP contribution < -0.4 is 0 Å². The average molecular weight is 303 g/mol. The summed E-state index contributed by atoms with van der Waals surface area (Å²) in [7, 11) is 0. The van der Waals surface area contributed by atoms with E-state index in [1.54, 1.807) is 13.1 Å². The van der Waals surface area contributed by atoms with Crippen molar-refractivity contribution in [3.05, 3.63) is 33.5 Å². The fraction of sp³-hybridized carbons (Fsp3) is 0.400. The molecule has 2 aromatic heterocycles. The highest BCUT2D eigenvalue weighted by atomic mass is 32.1. The van der Waals surface area contributed by atoms with Crippen molar-refractivity contribution in [2.24, 2.45) is 5.92 Å². The third-order valence-electron chi connectivity index (χ3n) is 3.82. The SMILES string of the molecule is Cc1sc(/C=C/c2ccnn2CC2CCC2)nc1C(=O)O. The Kier molecular flexibility index (Phi) is 3.88. The van der Waals surface area contributed by atoms with Crippen LogP contribution >= 0.6 is 11.3 Å².